The molecule has 6 unspecified atom stereocenters. The van der Waals surface area contributed by atoms with Crippen molar-refractivity contribution in [3.05, 3.63) is 0 Å². The zero-order chi connectivity index (χ0) is 37.4. The molecule has 4 fully saturated rings. The second-order valence-corrected chi connectivity index (χ2v) is 14.8. The number of carboxylic acid groups (broad SMARTS) is 1. The molecular formula is C35H60N2O14. The monoisotopic (exact) mass is 732 g/mol. The SMILES string of the molecule is CCC1CC(C(=O)CCCN)C[C@@H](O[C@@H]2O[C@@H](CO)[C@H](O)C(O[C@@H](CC3CCCCC3)C(=O)O)C2NC(C)=O)[C@@H]1O[C@@H]1OC(C)[C@@H](O)[C@H](O)C1O. The predicted octanol–water partition coefficient (Wildman–Crippen LogP) is -0.280. The molecule has 0 bridgehead atoms. The molecule has 16 nitrogen and oxygen atoms in total. The first-order chi connectivity index (χ1) is 24.3. The zero-order valence-electron chi connectivity index (χ0n) is 30.0. The van der Waals surface area contributed by atoms with Crippen molar-refractivity contribution in [2.24, 2.45) is 23.5 Å². The van der Waals surface area contributed by atoms with Gasteiger partial charge in [-0.05, 0) is 51.0 Å². The van der Waals surface area contributed by atoms with Crippen LogP contribution in [0.15, 0.2) is 0 Å². The Bertz CT molecular complexity index is 1130. The van der Waals surface area contributed by atoms with Crippen molar-refractivity contribution in [3.8, 4) is 0 Å². The van der Waals surface area contributed by atoms with E-state index < -0.39 is 104 Å². The highest BCUT2D eigenvalue weighted by Crippen LogP contribution is 2.40. The number of nitrogens with one attached hydrogen (secondary N) is 1. The fourth-order valence-electron chi connectivity index (χ4n) is 8.10. The van der Waals surface area contributed by atoms with Crippen molar-refractivity contribution >= 4 is 17.7 Å². The molecule has 2 aliphatic carbocycles. The van der Waals surface area contributed by atoms with Gasteiger partial charge in [-0.2, -0.15) is 0 Å². The van der Waals surface area contributed by atoms with Gasteiger partial charge in [0.15, 0.2) is 18.7 Å². The van der Waals surface area contributed by atoms with Gasteiger partial charge in [0, 0.05) is 19.3 Å². The lowest BCUT2D eigenvalue weighted by Gasteiger charge is -2.49. The zero-order valence-corrected chi connectivity index (χ0v) is 30.0. The molecule has 0 spiro atoms. The van der Waals surface area contributed by atoms with Crippen LogP contribution in [0.25, 0.3) is 0 Å². The van der Waals surface area contributed by atoms with E-state index in [4.69, 9.17) is 29.4 Å². The molecule has 51 heavy (non-hydrogen) atoms. The maximum absolute atomic E-state index is 13.4. The lowest BCUT2D eigenvalue weighted by molar-refractivity contribution is -0.338. The van der Waals surface area contributed by atoms with Crippen LogP contribution in [0, 0.1) is 17.8 Å². The molecule has 15 atom stereocenters. The third kappa shape index (κ3) is 10.7. The number of aliphatic hydroxyl groups excluding tert-OH is 5. The van der Waals surface area contributed by atoms with Crippen LogP contribution >= 0.6 is 0 Å². The maximum Gasteiger partial charge on any atom is 0.332 e. The Morgan fingerprint density at radius 3 is 2.24 bits per heavy atom. The van der Waals surface area contributed by atoms with Crippen LogP contribution in [0.4, 0.5) is 0 Å². The Kier molecular flexibility index (Phi) is 16.0. The molecule has 294 valence electrons. The van der Waals surface area contributed by atoms with E-state index in [0.717, 1.165) is 32.1 Å². The Morgan fingerprint density at radius 1 is 0.922 bits per heavy atom. The van der Waals surface area contributed by atoms with Crippen LogP contribution in [0.2, 0.25) is 0 Å². The normalized spacial score (nSPS) is 40.0. The smallest absolute Gasteiger partial charge is 0.332 e. The molecule has 0 aromatic rings. The molecule has 0 aromatic heterocycles. The third-order valence-electron chi connectivity index (χ3n) is 11.0. The summed E-state index contributed by atoms with van der Waals surface area (Å²) in [7, 11) is 0. The molecule has 2 aliphatic heterocycles. The standard InChI is InChI=1S/C35H60N2O14/c1-4-20-14-21(22(40)11-8-12-36)15-23(31(20)51-35-30(44)29(43)27(41)17(2)47-35)49-34-26(37-18(3)39)32(28(42)25(16-38)50-34)48-24(33(45)46)13-19-9-6-5-7-10-19/h17,19-21,23-32,34-35,38,41-44H,4-16,36H2,1-3H3,(H,37,39)(H,45,46)/t17?,20?,21?,23-,24+,25+,26?,27-,28+,29+,30?,31-,32?,34-,35+/m1/s1. The minimum absolute atomic E-state index is 0.0214. The number of nitrogens with two attached hydrogens (primary N) is 1. The number of amides is 1. The van der Waals surface area contributed by atoms with Crippen LogP contribution < -0.4 is 11.1 Å². The number of ketones is 1. The van der Waals surface area contributed by atoms with E-state index >= 15 is 0 Å². The van der Waals surface area contributed by atoms with Gasteiger partial charge in [-0.1, -0.05) is 45.4 Å². The quantitative estimate of drug-likeness (QED) is 0.102. The average Bonchev–Trinajstić information content (AvgIpc) is 3.11. The molecule has 2 saturated carbocycles. The summed E-state index contributed by atoms with van der Waals surface area (Å²) in [6, 6.07) is -1.25. The van der Waals surface area contributed by atoms with Crippen molar-refractivity contribution in [1.29, 1.82) is 0 Å². The molecule has 9 N–H and O–H groups in total. The maximum atomic E-state index is 13.4. The summed E-state index contributed by atoms with van der Waals surface area (Å²) in [5, 5.41) is 66.0. The lowest BCUT2D eigenvalue weighted by atomic mass is 9.74. The third-order valence-corrected chi connectivity index (χ3v) is 11.0. The summed E-state index contributed by atoms with van der Waals surface area (Å²) in [4.78, 5) is 38.4. The van der Waals surface area contributed by atoms with Gasteiger partial charge in [-0.25, -0.2) is 4.79 Å². The van der Waals surface area contributed by atoms with E-state index in [1.54, 1.807) is 0 Å². The van der Waals surface area contributed by atoms with Crippen molar-refractivity contribution < 1.29 is 68.7 Å². The fourth-order valence-corrected chi connectivity index (χ4v) is 8.10. The first-order valence-electron chi connectivity index (χ1n) is 18.6. The second-order valence-electron chi connectivity index (χ2n) is 14.8. The molecule has 4 aliphatic rings. The molecule has 2 saturated heterocycles. The largest absolute Gasteiger partial charge is 0.479 e. The number of Topliss-reactive ketones (excluding diaryl/α,β-unsaturated/α-hetero) is 1. The van der Waals surface area contributed by atoms with E-state index in [9.17, 15) is 45.0 Å². The van der Waals surface area contributed by atoms with Crippen LogP contribution in [0.3, 0.4) is 0 Å². The topological polar surface area (TPSA) is 257 Å². The van der Waals surface area contributed by atoms with Crippen molar-refractivity contribution in [2.75, 3.05) is 13.2 Å². The van der Waals surface area contributed by atoms with E-state index in [-0.39, 0.29) is 36.9 Å². The summed E-state index contributed by atoms with van der Waals surface area (Å²) in [5.74, 6) is -2.49. The number of aliphatic carboxylic acids is 1. The highest BCUT2D eigenvalue weighted by molar-refractivity contribution is 5.81. The number of rotatable bonds is 16. The van der Waals surface area contributed by atoms with E-state index in [1.165, 1.54) is 13.8 Å². The van der Waals surface area contributed by atoms with E-state index in [2.05, 4.69) is 5.32 Å². The summed E-state index contributed by atoms with van der Waals surface area (Å²) in [5.41, 5.74) is 5.68. The summed E-state index contributed by atoms with van der Waals surface area (Å²) in [6.45, 7) is 4.33. The van der Waals surface area contributed by atoms with Crippen molar-refractivity contribution in [3.63, 3.8) is 0 Å². The van der Waals surface area contributed by atoms with Crippen molar-refractivity contribution in [2.45, 2.75) is 171 Å². The van der Waals surface area contributed by atoms with Gasteiger partial charge in [0.05, 0.1) is 24.9 Å². The Hall–Kier alpha value is -1.83. The van der Waals surface area contributed by atoms with Gasteiger partial charge < -0.3 is 65.4 Å². The van der Waals surface area contributed by atoms with Gasteiger partial charge in [-0.3, -0.25) is 9.59 Å². The Labute approximate surface area is 299 Å². The van der Waals surface area contributed by atoms with Crippen LogP contribution in [-0.4, -0.2) is 141 Å². The molecule has 4 rings (SSSR count). The number of carbonyl (C=O) groups excluding carboxylic acids is 2. The molecule has 2 heterocycles. The average molecular weight is 733 g/mol. The highest BCUT2D eigenvalue weighted by atomic mass is 16.7. The second kappa shape index (κ2) is 19.5. The van der Waals surface area contributed by atoms with Gasteiger partial charge in [0.25, 0.3) is 0 Å². The van der Waals surface area contributed by atoms with Gasteiger partial charge in [0.1, 0.15) is 48.4 Å². The van der Waals surface area contributed by atoms with Gasteiger partial charge >= 0.3 is 5.97 Å². The summed E-state index contributed by atoms with van der Waals surface area (Å²) >= 11 is 0. The van der Waals surface area contributed by atoms with Crippen LogP contribution in [-0.2, 0) is 38.1 Å². The number of carboxylic acids is 1. The Morgan fingerprint density at radius 2 is 1.63 bits per heavy atom. The molecular weight excluding hydrogens is 672 g/mol. The predicted molar refractivity (Wildman–Crippen MR) is 179 cm³/mol. The summed E-state index contributed by atoms with van der Waals surface area (Å²) < 4.78 is 30.9. The number of carbonyl (C=O) groups is 3. The molecule has 1 amide bonds. The van der Waals surface area contributed by atoms with Gasteiger partial charge in [-0.15, -0.1) is 0 Å². The molecule has 16 heteroatoms. The van der Waals surface area contributed by atoms with Crippen LogP contribution in [0.1, 0.15) is 91.4 Å². The fraction of sp³-hybridized carbons (Fsp3) is 0.914. The number of hydrogen-bond donors (Lipinski definition) is 8. The Balaban J connectivity index is 1.66. The first-order valence-corrected chi connectivity index (χ1v) is 18.6. The van der Waals surface area contributed by atoms with E-state index in [1.807, 2.05) is 6.92 Å². The highest BCUT2D eigenvalue weighted by Gasteiger charge is 2.52. The van der Waals surface area contributed by atoms with Crippen molar-refractivity contribution in [1.82, 2.24) is 5.32 Å². The van der Waals surface area contributed by atoms with E-state index in [0.29, 0.717) is 25.8 Å². The van der Waals surface area contributed by atoms with Crippen LogP contribution in [0.5, 0.6) is 0 Å². The molecule has 0 aromatic carbocycles. The number of hydrogen-bond acceptors (Lipinski definition) is 14. The number of ether oxygens (including phenoxy) is 5. The lowest BCUT2D eigenvalue weighted by Crippen LogP contribution is -2.67. The minimum atomic E-state index is -1.61. The first kappa shape index (κ1) is 41.9. The number of aliphatic hydroxyl groups is 5. The summed E-state index contributed by atoms with van der Waals surface area (Å²) in [6.07, 6.45) is -8.80. The minimum Gasteiger partial charge on any atom is -0.479 e. The molecule has 0 radical (unpaired) electrons. The van der Waals surface area contributed by atoms with Gasteiger partial charge in [0.2, 0.25) is 5.91 Å².